The Hall–Kier alpha value is -5.62. The van der Waals surface area contributed by atoms with E-state index < -0.39 is 65.5 Å². The molecule has 0 bridgehead atoms. The maximum atomic E-state index is 14.6. The molecule has 5 N–H and O–H groups in total. The lowest BCUT2D eigenvalue weighted by atomic mass is 10.0. The van der Waals surface area contributed by atoms with Crippen LogP contribution in [0.5, 0.6) is 5.75 Å². The first-order valence-electron chi connectivity index (χ1n) is 14.3. The fourth-order valence-electron chi connectivity index (χ4n) is 5.01. The Morgan fingerprint density at radius 3 is 2.25 bits per heavy atom. The second-order valence-electron chi connectivity index (χ2n) is 10.7. The van der Waals surface area contributed by atoms with Crippen molar-refractivity contribution in [3.8, 4) is 5.75 Å². The van der Waals surface area contributed by atoms with Gasteiger partial charge in [0.25, 0.3) is 20.2 Å². The van der Waals surface area contributed by atoms with E-state index in [4.69, 9.17) is 4.74 Å². The monoisotopic (exact) mass is 748 g/mol. The molecule has 6 rings (SSSR count). The normalized spacial score (nSPS) is 14.0. The van der Waals surface area contributed by atoms with Gasteiger partial charge in [-0.2, -0.15) is 54.9 Å². The standard InChI is InChI=1S/C28H23F3N10O8S2/c1-13-8-14-9-16(50(43,44)45)11-18(33-27-36-26(31)37-28(38-27)41-4-6-49-7-5-41)22(14)24(42)23(13)40-39-17-10-15(2-3-19(17)51(46,47)48)32-21-12-20(29)34-25(30)35-21/h2-3,8-12,42H,4-7H2,1H3,(H,32,34,35)(H,43,44,45)(H,46,47,48)(H,33,36,37,38). The zero-order valence-corrected chi connectivity index (χ0v) is 27.4. The van der Waals surface area contributed by atoms with Crippen molar-refractivity contribution in [3.05, 3.63) is 66.1 Å². The number of aromatic nitrogens is 5. The highest BCUT2D eigenvalue weighted by atomic mass is 32.2. The summed E-state index contributed by atoms with van der Waals surface area (Å²) in [6, 6.07) is 7.18. The first-order chi connectivity index (χ1) is 24.0. The van der Waals surface area contributed by atoms with E-state index >= 15 is 0 Å². The summed E-state index contributed by atoms with van der Waals surface area (Å²) >= 11 is 0. The molecular weight excluding hydrogens is 725 g/mol. The lowest BCUT2D eigenvalue weighted by molar-refractivity contribution is 0.122. The molecule has 51 heavy (non-hydrogen) atoms. The number of hydrogen-bond acceptors (Lipinski definition) is 16. The first kappa shape index (κ1) is 35.2. The molecule has 18 nitrogen and oxygen atoms in total. The Balaban J connectivity index is 1.45. The van der Waals surface area contributed by atoms with Crippen LogP contribution < -0.4 is 15.5 Å². The van der Waals surface area contributed by atoms with E-state index in [-0.39, 0.29) is 45.2 Å². The van der Waals surface area contributed by atoms with Gasteiger partial charge in [0.05, 0.1) is 23.8 Å². The molecule has 0 amide bonds. The summed E-state index contributed by atoms with van der Waals surface area (Å²) in [4.78, 5) is 18.1. The van der Waals surface area contributed by atoms with Crippen LogP contribution in [0.4, 0.5) is 53.6 Å². The number of aryl methyl sites for hydroxylation is 1. The van der Waals surface area contributed by atoms with Crippen LogP contribution >= 0.6 is 0 Å². The van der Waals surface area contributed by atoms with Gasteiger partial charge in [0.15, 0.2) is 5.75 Å². The lowest BCUT2D eigenvalue weighted by Crippen LogP contribution is -2.37. The highest BCUT2D eigenvalue weighted by molar-refractivity contribution is 7.86. The van der Waals surface area contributed by atoms with Gasteiger partial charge in [0, 0.05) is 30.2 Å². The molecule has 23 heteroatoms. The number of aromatic hydroxyl groups is 1. The predicted molar refractivity (Wildman–Crippen MR) is 172 cm³/mol. The molecule has 1 fully saturated rings. The predicted octanol–water partition coefficient (Wildman–Crippen LogP) is 4.48. The molecule has 1 aliphatic rings. The molecule has 3 heterocycles. The van der Waals surface area contributed by atoms with Crippen molar-refractivity contribution in [1.29, 1.82) is 0 Å². The van der Waals surface area contributed by atoms with Crippen LogP contribution in [0.2, 0.25) is 0 Å². The van der Waals surface area contributed by atoms with E-state index in [1.54, 1.807) is 4.90 Å². The van der Waals surface area contributed by atoms with Crippen molar-refractivity contribution in [2.45, 2.75) is 16.7 Å². The SMILES string of the molecule is Cc1cc2cc(S(=O)(=O)O)cc(Nc3nc(F)nc(N4CCOCC4)n3)c2c(O)c1N=Nc1cc(Nc2cc(F)nc(F)n2)ccc1S(=O)(=O)O. The summed E-state index contributed by atoms with van der Waals surface area (Å²) in [6.45, 7) is 2.78. The second-order valence-corrected chi connectivity index (χ2v) is 13.5. The van der Waals surface area contributed by atoms with Gasteiger partial charge in [-0.25, -0.2) is 0 Å². The van der Waals surface area contributed by atoms with Crippen LogP contribution in [-0.2, 0) is 25.0 Å². The summed E-state index contributed by atoms with van der Waals surface area (Å²) in [7, 11) is -9.74. The summed E-state index contributed by atoms with van der Waals surface area (Å²) in [5, 5.41) is 24.5. The number of azo groups is 1. The number of ether oxygens (including phenoxy) is 1. The van der Waals surface area contributed by atoms with Gasteiger partial charge >= 0.3 is 12.2 Å². The molecule has 1 aliphatic heterocycles. The third-order valence-corrected chi connectivity index (χ3v) is 8.95. The fraction of sp³-hybridized carbons (Fsp3) is 0.179. The number of hydrogen-bond donors (Lipinski definition) is 5. The molecule has 0 radical (unpaired) electrons. The van der Waals surface area contributed by atoms with Gasteiger partial charge < -0.3 is 25.4 Å². The topological polar surface area (TPSA) is 255 Å². The largest absolute Gasteiger partial charge is 0.505 e. The molecule has 0 unspecified atom stereocenters. The van der Waals surface area contributed by atoms with Gasteiger partial charge in [-0.1, -0.05) is 0 Å². The minimum absolute atomic E-state index is 0.00133. The number of rotatable bonds is 9. The molecule has 0 atom stereocenters. The van der Waals surface area contributed by atoms with E-state index in [2.05, 4.69) is 45.8 Å². The minimum atomic E-state index is -4.91. The molecule has 266 valence electrons. The first-order valence-corrected chi connectivity index (χ1v) is 17.2. The van der Waals surface area contributed by atoms with Crippen molar-refractivity contribution in [1.82, 2.24) is 24.9 Å². The number of morpholine rings is 1. The number of fused-ring (bicyclic) bond motifs is 1. The molecule has 0 aliphatic carbocycles. The highest BCUT2D eigenvalue weighted by Gasteiger charge is 2.23. The smallest absolute Gasteiger partial charge is 0.315 e. The number of nitrogens with zero attached hydrogens (tertiary/aromatic N) is 8. The van der Waals surface area contributed by atoms with Crippen LogP contribution in [0.25, 0.3) is 10.8 Å². The number of nitrogens with one attached hydrogen (secondary N) is 2. The molecular formula is C28H23F3N10O8S2. The van der Waals surface area contributed by atoms with E-state index in [1.165, 1.54) is 13.0 Å². The van der Waals surface area contributed by atoms with Crippen LogP contribution in [0.3, 0.4) is 0 Å². The van der Waals surface area contributed by atoms with E-state index in [9.17, 15) is 44.2 Å². The molecule has 0 spiro atoms. The van der Waals surface area contributed by atoms with E-state index in [1.807, 2.05) is 0 Å². The van der Waals surface area contributed by atoms with Gasteiger partial charge in [-0.15, -0.1) is 10.2 Å². The lowest BCUT2D eigenvalue weighted by Gasteiger charge is -2.26. The van der Waals surface area contributed by atoms with E-state index in [0.717, 1.165) is 36.4 Å². The zero-order valence-electron chi connectivity index (χ0n) is 25.8. The fourth-order valence-corrected chi connectivity index (χ4v) is 6.16. The molecule has 5 aromatic rings. The summed E-state index contributed by atoms with van der Waals surface area (Å²) in [6.07, 6.45) is -2.56. The summed E-state index contributed by atoms with van der Waals surface area (Å²) in [5.74, 6) is -2.64. The van der Waals surface area contributed by atoms with E-state index in [0.29, 0.717) is 26.3 Å². The average Bonchev–Trinajstić information content (AvgIpc) is 3.03. The van der Waals surface area contributed by atoms with Crippen molar-refractivity contribution in [2.75, 3.05) is 41.8 Å². The number of benzene rings is 3. The number of anilines is 5. The van der Waals surface area contributed by atoms with Crippen molar-refractivity contribution in [3.63, 3.8) is 0 Å². The molecule has 2 aromatic heterocycles. The molecule has 0 saturated carbocycles. The van der Waals surface area contributed by atoms with Gasteiger partial charge in [0.2, 0.25) is 17.8 Å². The third-order valence-electron chi connectivity index (χ3n) is 7.22. The quantitative estimate of drug-likeness (QED) is 0.0603. The Labute approximate surface area is 285 Å². The maximum Gasteiger partial charge on any atom is 0.315 e. The zero-order chi connectivity index (χ0) is 36.7. The molecule has 3 aromatic carbocycles. The molecule has 1 saturated heterocycles. The maximum absolute atomic E-state index is 14.6. The van der Waals surface area contributed by atoms with Gasteiger partial charge in [-0.05, 0) is 54.3 Å². The summed E-state index contributed by atoms with van der Waals surface area (Å²) in [5.41, 5.74) is -0.841. The van der Waals surface area contributed by atoms with Crippen molar-refractivity contribution >= 4 is 71.5 Å². The second kappa shape index (κ2) is 13.6. The third kappa shape index (κ3) is 7.91. The van der Waals surface area contributed by atoms with Crippen LogP contribution in [0.15, 0.2) is 62.5 Å². The van der Waals surface area contributed by atoms with Gasteiger partial charge in [0.1, 0.15) is 22.1 Å². The summed E-state index contributed by atoms with van der Waals surface area (Å²) < 4.78 is 115. The van der Waals surface area contributed by atoms with Crippen molar-refractivity contribution < 1.29 is 49.0 Å². The minimum Gasteiger partial charge on any atom is -0.505 e. The Morgan fingerprint density at radius 1 is 0.843 bits per heavy atom. The van der Waals surface area contributed by atoms with Crippen LogP contribution in [-0.4, -0.2) is 82.3 Å². The number of halogens is 3. The number of phenolic OH excluding ortho intramolecular Hbond substituents is 1. The Morgan fingerprint density at radius 2 is 1.57 bits per heavy atom. The van der Waals surface area contributed by atoms with Crippen LogP contribution in [0.1, 0.15) is 5.56 Å². The Bertz CT molecular complexity index is 2430. The highest BCUT2D eigenvalue weighted by Crippen LogP contribution is 2.44. The van der Waals surface area contributed by atoms with Crippen molar-refractivity contribution in [2.24, 2.45) is 10.2 Å². The average molecular weight is 749 g/mol. The van der Waals surface area contributed by atoms with Gasteiger partial charge in [-0.3, -0.25) is 9.11 Å². The Kier molecular flexibility index (Phi) is 9.39. The van der Waals surface area contributed by atoms with Crippen LogP contribution in [0, 0.1) is 25.0 Å². The number of phenols is 1.